The number of benzene rings is 1. The van der Waals surface area contributed by atoms with Gasteiger partial charge in [0.25, 0.3) is 0 Å². The first-order valence-corrected chi connectivity index (χ1v) is 5.57. The molecule has 2 rings (SSSR count). The molecular weight excluding hydrogens is 178 g/mol. The number of aryl methyl sites for hydroxylation is 1. The van der Waals surface area contributed by atoms with E-state index < -0.39 is 0 Å². The molecule has 0 fully saturated rings. The second-order valence-corrected chi connectivity index (χ2v) is 5.29. The molecule has 1 heterocycles. The summed E-state index contributed by atoms with van der Waals surface area (Å²) < 4.78 is 0. The highest BCUT2D eigenvalue weighted by atomic mass is 32.2. The summed E-state index contributed by atoms with van der Waals surface area (Å²) >= 11 is 1.94. The zero-order valence-corrected chi connectivity index (χ0v) is 8.90. The fourth-order valence-corrected chi connectivity index (χ4v) is 3.04. The Morgan fingerprint density at radius 2 is 2.23 bits per heavy atom. The van der Waals surface area contributed by atoms with Gasteiger partial charge in [0.1, 0.15) is 0 Å². The number of nitrogens with two attached hydrogens (primary N) is 1. The van der Waals surface area contributed by atoms with Gasteiger partial charge >= 0.3 is 0 Å². The Hall–Kier alpha value is -0.470. The lowest BCUT2D eigenvalue weighted by Gasteiger charge is -2.26. The molecular formula is C11H15NS. The molecule has 1 aromatic carbocycles. The van der Waals surface area contributed by atoms with Crippen molar-refractivity contribution in [2.75, 3.05) is 0 Å². The Morgan fingerprint density at radius 3 is 3.00 bits per heavy atom. The van der Waals surface area contributed by atoms with Crippen LogP contribution in [-0.2, 0) is 0 Å². The molecule has 0 amide bonds. The van der Waals surface area contributed by atoms with Gasteiger partial charge in [-0.2, -0.15) is 0 Å². The summed E-state index contributed by atoms with van der Waals surface area (Å²) in [6.45, 7) is 4.36. The Kier molecular flexibility index (Phi) is 2.35. The van der Waals surface area contributed by atoms with Crippen LogP contribution in [0.3, 0.4) is 0 Å². The van der Waals surface area contributed by atoms with E-state index >= 15 is 0 Å². The molecule has 1 aromatic rings. The first-order valence-electron chi connectivity index (χ1n) is 4.69. The third kappa shape index (κ3) is 1.74. The van der Waals surface area contributed by atoms with Crippen molar-refractivity contribution in [3.8, 4) is 0 Å². The van der Waals surface area contributed by atoms with E-state index in [-0.39, 0.29) is 6.04 Å². The van der Waals surface area contributed by atoms with Crippen molar-refractivity contribution in [2.45, 2.75) is 36.5 Å². The van der Waals surface area contributed by atoms with Crippen LogP contribution in [0.5, 0.6) is 0 Å². The molecule has 0 saturated carbocycles. The quantitative estimate of drug-likeness (QED) is 0.685. The third-order valence-electron chi connectivity index (χ3n) is 2.48. The fourth-order valence-electron chi connectivity index (χ4n) is 1.81. The van der Waals surface area contributed by atoms with Crippen LogP contribution >= 0.6 is 11.8 Å². The maximum absolute atomic E-state index is 6.09. The fraction of sp³-hybridized carbons (Fsp3) is 0.455. The highest BCUT2D eigenvalue weighted by Crippen LogP contribution is 2.39. The standard InChI is InChI=1S/C11H15NS/c1-7-3-4-11-9(5-7)10(12)6-8(2)13-11/h3-5,8,10H,6,12H2,1-2H3. The lowest BCUT2D eigenvalue weighted by atomic mass is 10.0. The van der Waals surface area contributed by atoms with E-state index in [1.165, 1.54) is 16.0 Å². The zero-order chi connectivity index (χ0) is 9.42. The first-order chi connectivity index (χ1) is 6.16. The van der Waals surface area contributed by atoms with Gasteiger partial charge in [-0.3, -0.25) is 0 Å². The van der Waals surface area contributed by atoms with E-state index in [0.29, 0.717) is 5.25 Å². The predicted octanol–water partition coefficient (Wildman–Crippen LogP) is 2.88. The maximum atomic E-state index is 6.09. The smallest absolute Gasteiger partial charge is 0.0316 e. The zero-order valence-electron chi connectivity index (χ0n) is 8.08. The van der Waals surface area contributed by atoms with E-state index in [2.05, 4.69) is 32.0 Å². The minimum atomic E-state index is 0.242. The molecule has 0 bridgehead atoms. The van der Waals surface area contributed by atoms with Crippen molar-refractivity contribution >= 4 is 11.8 Å². The van der Waals surface area contributed by atoms with Gasteiger partial charge in [-0.05, 0) is 25.0 Å². The number of hydrogen-bond donors (Lipinski definition) is 1. The Labute approximate surface area is 83.7 Å². The van der Waals surface area contributed by atoms with E-state index in [1.54, 1.807) is 0 Å². The van der Waals surface area contributed by atoms with E-state index in [9.17, 15) is 0 Å². The topological polar surface area (TPSA) is 26.0 Å². The molecule has 0 radical (unpaired) electrons. The molecule has 1 nitrogen and oxygen atoms in total. The molecule has 0 aromatic heterocycles. The lowest BCUT2D eigenvalue weighted by Crippen LogP contribution is -2.20. The monoisotopic (exact) mass is 193 g/mol. The van der Waals surface area contributed by atoms with Gasteiger partial charge in [-0.25, -0.2) is 0 Å². The lowest BCUT2D eigenvalue weighted by molar-refractivity contribution is 0.624. The molecule has 2 atom stereocenters. The summed E-state index contributed by atoms with van der Waals surface area (Å²) in [5, 5.41) is 0.658. The van der Waals surface area contributed by atoms with Gasteiger partial charge in [0.2, 0.25) is 0 Å². The molecule has 0 saturated heterocycles. The Morgan fingerprint density at radius 1 is 1.46 bits per heavy atom. The molecule has 1 aliphatic rings. The van der Waals surface area contributed by atoms with Gasteiger partial charge in [0.15, 0.2) is 0 Å². The molecule has 70 valence electrons. The SMILES string of the molecule is Cc1ccc2c(c1)C(N)CC(C)S2. The molecule has 0 spiro atoms. The number of rotatable bonds is 0. The van der Waals surface area contributed by atoms with Gasteiger partial charge in [0, 0.05) is 16.2 Å². The minimum Gasteiger partial charge on any atom is -0.324 e. The first kappa shape index (κ1) is 9.10. The maximum Gasteiger partial charge on any atom is 0.0316 e. The van der Waals surface area contributed by atoms with Crippen molar-refractivity contribution < 1.29 is 0 Å². The van der Waals surface area contributed by atoms with Crippen molar-refractivity contribution in [1.29, 1.82) is 0 Å². The van der Waals surface area contributed by atoms with Crippen LogP contribution < -0.4 is 5.73 Å². The number of fused-ring (bicyclic) bond motifs is 1. The van der Waals surface area contributed by atoms with Crippen LogP contribution in [-0.4, -0.2) is 5.25 Å². The summed E-state index contributed by atoms with van der Waals surface area (Å²) in [5.41, 5.74) is 8.74. The van der Waals surface area contributed by atoms with Gasteiger partial charge in [-0.15, -0.1) is 11.8 Å². The molecule has 2 N–H and O–H groups in total. The van der Waals surface area contributed by atoms with E-state index in [4.69, 9.17) is 5.73 Å². The van der Waals surface area contributed by atoms with E-state index in [0.717, 1.165) is 6.42 Å². The summed E-state index contributed by atoms with van der Waals surface area (Å²) in [5.74, 6) is 0. The number of thioether (sulfide) groups is 1. The van der Waals surface area contributed by atoms with Crippen LogP contribution in [0, 0.1) is 6.92 Å². The molecule has 1 aliphatic heterocycles. The third-order valence-corrected chi connectivity index (χ3v) is 3.70. The highest BCUT2D eigenvalue weighted by molar-refractivity contribution is 8.00. The Balaban J connectivity index is 2.43. The number of hydrogen-bond acceptors (Lipinski definition) is 2. The van der Waals surface area contributed by atoms with Crippen LogP contribution in [0.15, 0.2) is 23.1 Å². The van der Waals surface area contributed by atoms with Crippen LogP contribution in [0.1, 0.15) is 30.5 Å². The van der Waals surface area contributed by atoms with Crippen LogP contribution in [0.4, 0.5) is 0 Å². The molecule has 2 heteroatoms. The van der Waals surface area contributed by atoms with Crippen molar-refractivity contribution in [3.05, 3.63) is 29.3 Å². The van der Waals surface area contributed by atoms with Gasteiger partial charge < -0.3 is 5.73 Å². The second kappa shape index (κ2) is 3.35. The van der Waals surface area contributed by atoms with Crippen molar-refractivity contribution in [1.82, 2.24) is 0 Å². The summed E-state index contributed by atoms with van der Waals surface area (Å²) in [6, 6.07) is 6.83. The summed E-state index contributed by atoms with van der Waals surface area (Å²) in [4.78, 5) is 1.37. The molecule has 0 aliphatic carbocycles. The largest absolute Gasteiger partial charge is 0.324 e. The average Bonchev–Trinajstić information content (AvgIpc) is 2.06. The van der Waals surface area contributed by atoms with Crippen molar-refractivity contribution in [2.24, 2.45) is 5.73 Å². The second-order valence-electron chi connectivity index (χ2n) is 3.81. The van der Waals surface area contributed by atoms with Gasteiger partial charge in [0.05, 0.1) is 0 Å². The van der Waals surface area contributed by atoms with Crippen LogP contribution in [0.25, 0.3) is 0 Å². The summed E-state index contributed by atoms with van der Waals surface area (Å²) in [6.07, 6.45) is 1.10. The van der Waals surface area contributed by atoms with E-state index in [1.807, 2.05) is 11.8 Å². The minimum absolute atomic E-state index is 0.242. The normalized spacial score (nSPS) is 27.0. The van der Waals surface area contributed by atoms with Crippen LogP contribution in [0.2, 0.25) is 0 Å². The van der Waals surface area contributed by atoms with Crippen molar-refractivity contribution in [3.63, 3.8) is 0 Å². The summed E-state index contributed by atoms with van der Waals surface area (Å²) in [7, 11) is 0. The van der Waals surface area contributed by atoms with Gasteiger partial charge in [-0.1, -0.05) is 24.6 Å². The molecule has 13 heavy (non-hydrogen) atoms. The molecule has 2 unspecified atom stereocenters. The highest BCUT2D eigenvalue weighted by Gasteiger charge is 2.21. The predicted molar refractivity (Wildman–Crippen MR) is 58.0 cm³/mol. The Bertz CT molecular complexity index is 322. The average molecular weight is 193 g/mol.